The molecule has 0 saturated heterocycles. The Morgan fingerprint density at radius 1 is 0.833 bits per heavy atom. The van der Waals surface area contributed by atoms with Crippen molar-refractivity contribution >= 4 is 17.3 Å². The highest BCUT2D eigenvalue weighted by molar-refractivity contribution is 7.80. The van der Waals surface area contributed by atoms with Crippen molar-refractivity contribution in [3.63, 3.8) is 0 Å². The third-order valence-electron chi connectivity index (χ3n) is 1.22. The van der Waals surface area contributed by atoms with E-state index in [2.05, 4.69) is 0 Å². The van der Waals surface area contributed by atoms with E-state index < -0.39 is 26.9 Å². The maximum atomic E-state index is 8.62. The molecule has 0 fully saturated rings. The van der Waals surface area contributed by atoms with Crippen LogP contribution >= 0.6 is 12.2 Å². The van der Waals surface area contributed by atoms with Crippen LogP contribution in [0.4, 0.5) is 0 Å². The predicted molar refractivity (Wildman–Crippen MR) is 44.6 cm³/mol. The van der Waals surface area contributed by atoms with Gasteiger partial charge in [-0.3, -0.25) is 0 Å². The minimum atomic E-state index is -0.466. The Hall–Kier alpha value is -0.470. The van der Waals surface area contributed by atoms with E-state index in [1.54, 1.807) is 0 Å². The summed E-state index contributed by atoms with van der Waals surface area (Å²) in [6, 6.07) is 0. The summed E-state index contributed by atoms with van der Waals surface area (Å²) in [5.74, 6) is 0. The number of hydrogen-bond acceptors (Lipinski definition) is 5. The third kappa shape index (κ3) is 2.88. The van der Waals surface area contributed by atoms with E-state index in [0.29, 0.717) is 0 Å². The highest BCUT2D eigenvalue weighted by Gasteiger charge is 2.12. The van der Waals surface area contributed by atoms with Gasteiger partial charge < -0.3 is 30.2 Å². The molecule has 0 bridgehead atoms. The number of nitrogens with zero attached hydrogens (tertiary/aromatic N) is 2. The maximum Gasteiger partial charge on any atom is 0.178 e. The molecular formula is C5H12N2O4S. The van der Waals surface area contributed by atoms with Crippen LogP contribution in [0.5, 0.6) is 0 Å². The van der Waals surface area contributed by atoms with Gasteiger partial charge in [-0.05, 0) is 12.2 Å². The van der Waals surface area contributed by atoms with Gasteiger partial charge in [-0.15, -0.1) is 0 Å². The molecule has 72 valence electrons. The number of hydrogen-bond donors (Lipinski definition) is 4. The first kappa shape index (κ1) is 11.5. The molecule has 0 aromatic rings. The SMILES string of the molecule is OCN(CO)C(=S)N(CO)CO. The Balaban J connectivity index is 4.12. The highest BCUT2D eigenvalue weighted by atomic mass is 32.1. The molecule has 7 heteroatoms. The first-order chi connectivity index (χ1) is 5.71. The van der Waals surface area contributed by atoms with E-state index in [9.17, 15) is 0 Å². The molecule has 12 heavy (non-hydrogen) atoms. The zero-order valence-corrected chi connectivity index (χ0v) is 7.24. The number of rotatable bonds is 4. The number of aliphatic hydroxyl groups excluding tert-OH is 4. The molecule has 0 unspecified atom stereocenters. The lowest BCUT2D eigenvalue weighted by Gasteiger charge is -2.27. The van der Waals surface area contributed by atoms with E-state index in [-0.39, 0.29) is 5.11 Å². The first-order valence-electron chi connectivity index (χ1n) is 3.18. The molecule has 0 heterocycles. The molecule has 6 nitrogen and oxygen atoms in total. The molecule has 0 saturated carbocycles. The Labute approximate surface area is 75.3 Å². The van der Waals surface area contributed by atoms with E-state index in [1.807, 2.05) is 0 Å². The fourth-order valence-corrected chi connectivity index (χ4v) is 0.762. The smallest absolute Gasteiger partial charge is 0.178 e. The van der Waals surface area contributed by atoms with Crippen molar-refractivity contribution in [2.45, 2.75) is 0 Å². The van der Waals surface area contributed by atoms with Crippen LogP contribution in [0, 0.1) is 0 Å². The van der Waals surface area contributed by atoms with Gasteiger partial charge in [0.1, 0.15) is 26.9 Å². The van der Waals surface area contributed by atoms with Gasteiger partial charge in [0.2, 0.25) is 0 Å². The Kier molecular flexibility index (Phi) is 5.85. The van der Waals surface area contributed by atoms with Gasteiger partial charge in [0, 0.05) is 0 Å². The molecule has 0 rings (SSSR count). The molecule has 0 aromatic carbocycles. The Bertz CT molecular complexity index is 123. The van der Waals surface area contributed by atoms with Crippen LogP contribution in [-0.4, -0.2) is 62.3 Å². The molecule has 0 aromatic heterocycles. The second-order valence-corrected chi connectivity index (χ2v) is 2.29. The predicted octanol–water partition coefficient (Wildman–Crippen LogP) is -2.33. The van der Waals surface area contributed by atoms with Crippen molar-refractivity contribution in [3.8, 4) is 0 Å². The molecule has 0 spiro atoms. The summed E-state index contributed by atoms with van der Waals surface area (Å²) in [5, 5.41) is 34.5. The molecule has 0 radical (unpaired) electrons. The van der Waals surface area contributed by atoms with Gasteiger partial charge in [0.25, 0.3) is 0 Å². The third-order valence-corrected chi connectivity index (χ3v) is 1.74. The summed E-state index contributed by atoms with van der Waals surface area (Å²) in [7, 11) is 0. The van der Waals surface area contributed by atoms with E-state index in [4.69, 9.17) is 32.6 Å². The van der Waals surface area contributed by atoms with Crippen LogP contribution in [-0.2, 0) is 0 Å². The van der Waals surface area contributed by atoms with Crippen molar-refractivity contribution in [1.82, 2.24) is 9.80 Å². The fourth-order valence-electron chi connectivity index (χ4n) is 0.531. The summed E-state index contributed by atoms with van der Waals surface area (Å²) in [4.78, 5) is 2.00. The summed E-state index contributed by atoms with van der Waals surface area (Å²) >= 11 is 4.71. The largest absolute Gasteiger partial charge is 0.376 e. The van der Waals surface area contributed by atoms with Crippen LogP contribution < -0.4 is 0 Å². The molecule has 4 N–H and O–H groups in total. The lowest BCUT2D eigenvalue weighted by atomic mass is 10.7. The van der Waals surface area contributed by atoms with Gasteiger partial charge in [-0.25, -0.2) is 0 Å². The summed E-state index contributed by atoms with van der Waals surface area (Å²) in [6.07, 6.45) is 0. The van der Waals surface area contributed by atoms with Crippen molar-refractivity contribution in [2.24, 2.45) is 0 Å². The van der Waals surface area contributed by atoms with Crippen molar-refractivity contribution in [1.29, 1.82) is 0 Å². The van der Waals surface area contributed by atoms with Crippen LogP contribution in [0.15, 0.2) is 0 Å². The van der Waals surface area contributed by atoms with E-state index >= 15 is 0 Å². The standard InChI is InChI=1S/C5H12N2O4S/c8-1-6(2-9)5(12)7(3-10)4-11/h8-11H,1-4H2. The zero-order chi connectivity index (χ0) is 9.56. The second-order valence-electron chi connectivity index (χ2n) is 1.93. The van der Waals surface area contributed by atoms with Gasteiger partial charge in [0.05, 0.1) is 0 Å². The monoisotopic (exact) mass is 196 g/mol. The quantitative estimate of drug-likeness (QED) is 0.296. The molecule has 0 atom stereocenters. The normalized spacial score (nSPS) is 9.67. The highest BCUT2D eigenvalue weighted by Crippen LogP contribution is 1.95. The first-order valence-corrected chi connectivity index (χ1v) is 3.59. The van der Waals surface area contributed by atoms with E-state index in [1.165, 1.54) is 0 Å². The lowest BCUT2D eigenvalue weighted by Crippen LogP contribution is -2.44. The Morgan fingerprint density at radius 2 is 1.08 bits per heavy atom. The zero-order valence-electron chi connectivity index (χ0n) is 6.42. The summed E-state index contributed by atoms with van der Waals surface area (Å²) in [6.45, 7) is -1.87. The molecular weight excluding hydrogens is 184 g/mol. The van der Waals surface area contributed by atoms with Crippen molar-refractivity contribution in [3.05, 3.63) is 0 Å². The van der Waals surface area contributed by atoms with Crippen LogP contribution in [0.2, 0.25) is 0 Å². The number of thiocarbonyl (C=S) groups is 1. The minimum absolute atomic E-state index is 0.00926. The summed E-state index contributed by atoms with van der Waals surface area (Å²) in [5.41, 5.74) is 0. The molecule has 0 aliphatic heterocycles. The fraction of sp³-hybridized carbons (Fsp3) is 0.800. The lowest BCUT2D eigenvalue weighted by molar-refractivity contribution is 0.0413. The van der Waals surface area contributed by atoms with E-state index in [0.717, 1.165) is 9.80 Å². The van der Waals surface area contributed by atoms with Crippen molar-refractivity contribution < 1.29 is 20.4 Å². The van der Waals surface area contributed by atoms with Crippen molar-refractivity contribution in [2.75, 3.05) is 26.9 Å². The topological polar surface area (TPSA) is 87.4 Å². The minimum Gasteiger partial charge on any atom is -0.376 e. The van der Waals surface area contributed by atoms with Crippen LogP contribution in [0.25, 0.3) is 0 Å². The second kappa shape index (κ2) is 6.09. The average molecular weight is 196 g/mol. The molecule has 0 amide bonds. The Morgan fingerprint density at radius 3 is 1.25 bits per heavy atom. The van der Waals surface area contributed by atoms with Gasteiger partial charge >= 0.3 is 0 Å². The average Bonchev–Trinajstić information content (AvgIpc) is 2.09. The molecule has 0 aliphatic rings. The molecule has 0 aliphatic carbocycles. The number of aliphatic hydroxyl groups is 4. The van der Waals surface area contributed by atoms with Gasteiger partial charge in [-0.1, -0.05) is 0 Å². The summed E-state index contributed by atoms with van der Waals surface area (Å²) < 4.78 is 0. The van der Waals surface area contributed by atoms with Crippen LogP contribution in [0.3, 0.4) is 0 Å². The maximum absolute atomic E-state index is 8.62. The van der Waals surface area contributed by atoms with Gasteiger partial charge in [-0.2, -0.15) is 0 Å². The van der Waals surface area contributed by atoms with Crippen LogP contribution in [0.1, 0.15) is 0 Å². The van der Waals surface area contributed by atoms with Gasteiger partial charge in [0.15, 0.2) is 5.11 Å².